The van der Waals surface area contributed by atoms with Crippen LogP contribution >= 0.6 is 0 Å². The fourth-order valence-electron chi connectivity index (χ4n) is 1.73. The molecule has 0 heterocycles. The lowest BCUT2D eigenvalue weighted by molar-refractivity contribution is -0.106. The number of rotatable bonds is 4. The van der Waals surface area contributed by atoms with Gasteiger partial charge < -0.3 is 10.1 Å². The first-order chi connectivity index (χ1) is 8.52. The molecule has 0 aliphatic heterocycles. The third-order valence-electron chi connectivity index (χ3n) is 2.53. The standard InChI is InChI=1S/C12H11NO4S/c14-7-6-13-12-3-1-2-9-8-10(18(15,16)17)4-5-11(9)12/h1-5,7-8,13H,6H2,(H,15,16,17). The maximum Gasteiger partial charge on any atom is 0.294 e. The van der Waals surface area contributed by atoms with Crippen molar-refractivity contribution in [2.24, 2.45) is 0 Å². The van der Waals surface area contributed by atoms with Crippen molar-refractivity contribution in [3.8, 4) is 0 Å². The summed E-state index contributed by atoms with van der Waals surface area (Å²) in [4.78, 5) is 10.2. The van der Waals surface area contributed by atoms with Gasteiger partial charge in [-0.1, -0.05) is 18.2 Å². The van der Waals surface area contributed by atoms with Crippen molar-refractivity contribution in [3.63, 3.8) is 0 Å². The zero-order valence-corrected chi connectivity index (χ0v) is 10.1. The van der Waals surface area contributed by atoms with Gasteiger partial charge in [-0.3, -0.25) is 4.55 Å². The minimum Gasteiger partial charge on any atom is -0.378 e. The van der Waals surface area contributed by atoms with E-state index in [-0.39, 0.29) is 11.4 Å². The molecule has 2 aromatic rings. The van der Waals surface area contributed by atoms with Crippen LogP contribution in [0.1, 0.15) is 0 Å². The van der Waals surface area contributed by atoms with E-state index >= 15 is 0 Å². The quantitative estimate of drug-likeness (QED) is 0.649. The molecule has 0 aromatic heterocycles. The maximum absolute atomic E-state index is 11.0. The van der Waals surface area contributed by atoms with Crippen LogP contribution in [0.15, 0.2) is 41.3 Å². The number of hydrogen-bond acceptors (Lipinski definition) is 4. The van der Waals surface area contributed by atoms with Gasteiger partial charge in [-0.2, -0.15) is 8.42 Å². The van der Waals surface area contributed by atoms with Crippen LogP contribution in [-0.4, -0.2) is 25.8 Å². The Morgan fingerprint density at radius 3 is 2.67 bits per heavy atom. The van der Waals surface area contributed by atoms with Gasteiger partial charge in [0.1, 0.15) is 6.29 Å². The number of carbonyl (C=O) groups excluding carboxylic acids is 1. The molecule has 0 bridgehead atoms. The van der Waals surface area contributed by atoms with Gasteiger partial charge >= 0.3 is 0 Å². The van der Waals surface area contributed by atoms with Gasteiger partial charge in [0.2, 0.25) is 0 Å². The van der Waals surface area contributed by atoms with E-state index in [1.165, 1.54) is 12.1 Å². The lowest BCUT2D eigenvalue weighted by atomic mass is 10.1. The Morgan fingerprint density at radius 2 is 2.00 bits per heavy atom. The second-order valence-corrected chi connectivity index (χ2v) is 5.13. The second-order valence-electron chi connectivity index (χ2n) is 3.71. The summed E-state index contributed by atoms with van der Waals surface area (Å²) in [5.74, 6) is 0. The zero-order valence-electron chi connectivity index (χ0n) is 9.33. The van der Waals surface area contributed by atoms with Gasteiger partial charge in [0, 0.05) is 11.1 Å². The molecule has 0 radical (unpaired) electrons. The molecule has 6 heteroatoms. The van der Waals surface area contributed by atoms with E-state index in [2.05, 4.69) is 5.32 Å². The Morgan fingerprint density at radius 1 is 1.22 bits per heavy atom. The third-order valence-corrected chi connectivity index (χ3v) is 3.38. The highest BCUT2D eigenvalue weighted by Gasteiger charge is 2.10. The molecular weight excluding hydrogens is 254 g/mol. The van der Waals surface area contributed by atoms with E-state index in [0.717, 1.165) is 17.4 Å². The molecule has 0 aliphatic carbocycles. The van der Waals surface area contributed by atoms with Crippen LogP contribution in [0.25, 0.3) is 10.8 Å². The first-order valence-corrected chi connectivity index (χ1v) is 6.64. The normalized spacial score (nSPS) is 11.4. The first kappa shape index (κ1) is 12.5. The average molecular weight is 265 g/mol. The molecule has 0 spiro atoms. The van der Waals surface area contributed by atoms with Gasteiger partial charge in [0.15, 0.2) is 0 Å². The molecule has 0 fully saturated rings. The van der Waals surface area contributed by atoms with Crippen LogP contribution in [0.4, 0.5) is 5.69 Å². The number of nitrogens with one attached hydrogen (secondary N) is 1. The van der Waals surface area contributed by atoms with E-state index in [1.54, 1.807) is 24.3 Å². The molecule has 0 aliphatic rings. The summed E-state index contributed by atoms with van der Waals surface area (Å²) >= 11 is 0. The fraction of sp³-hybridized carbons (Fsp3) is 0.0833. The van der Waals surface area contributed by atoms with Crippen molar-refractivity contribution in [2.45, 2.75) is 4.90 Å². The van der Waals surface area contributed by atoms with E-state index in [4.69, 9.17) is 4.55 Å². The van der Waals surface area contributed by atoms with Crippen molar-refractivity contribution in [1.82, 2.24) is 0 Å². The molecule has 2 rings (SSSR count). The lowest BCUT2D eigenvalue weighted by Crippen LogP contribution is -2.03. The van der Waals surface area contributed by atoms with Crippen LogP contribution in [-0.2, 0) is 14.9 Å². The summed E-state index contributed by atoms with van der Waals surface area (Å²) in [6.07, 6.45) is 0.741. The van der Waals surface area contributed by atoms with Crippen molar-refractivity contribution in [2.75, 3.05) is 11.9 Å². The lowest BCUT2D eigenvalue weighted by Gasteiger charge is -2.08. The Kier molecular flexibility index (Phi) is 3.31. The van der Waals surface area contributed by atoms with Gasteiger partial charge in [0.25, 0.3) is 10.1 Å². The Hall–Kier alpha value is -1.92. The summed E-state index contributed by atoms with van der Waals surface area (Å²) in [7, 11) is -4.20. The number of carbonyl (C=O) groups is 1. The molecular formula is C12H11NO4S. The molecule has 18 heavy (non-hydrogen) atoms. The van der Waals surface area contributed by atoms with Crippen LogP contribution in [0.3, 0.4) is 0 Å². The number of aldehydes is 1. The summed E-state index contributed by atoms with van der Waals surface area (Å²) < 4.78 is 31.0. The molecule has 0 amide bonds. The monoisotopic (exact) mass is 265 g/mol. The largest absolute Gasteiger partial charge is 0.378 e. The van der Waals surface area contributed by atoms with Crippen LogP contribution in [0, 0.1) is 0 Å². The SMILES string of the molecule is O=CCNc1cccc2cc(S(=O)(=O)O)ccc12. The van der Waals surface area contributed by atoms with Crippen LogP contribution in [0.2, 0.25) is 0 Å². The van der Waals surface area contributed by atoms with Crippen molar-refractivity contribution in [3.05, 3.63) is 36.4 Å². The fourth-order valence-corrected chi connectivity index (χ4v) is 2.24. The van der Waals surface area contributed by atoms with Gasteiger partial charge in [-0.05, 0) is 23.6 Å². The highest BCUT2D eigenvalue weighted by Crippen LogP contribution is 2.25. The van der Waals surface area contributed by atoms with Gasteiger partial charge in [0.05, 0.1) is 11.4 Å². The number of anilines is 1. The summed E-state index contributed by atoms with van der Waals surface area (Å²) in [5.41, 5.74) is 0.737. The zero-order chi connectivity index (χ0) is 13.2. The van der Waals surface area contributed by atoms with E-state index in [1.807, 2.05) is 0 Å². The third kappa shape index (κ3) is 2.49. The minimum absolute atomic E-state index is 0.150. The molecule has 2 N–H and O–H groups in total. The smallest absolute Gasteiger partial charge is 0.294 e. The summed E-state index contributed by atoms with van der Waals surface area (Å²) in [6.45, 7) is 0.180. The van der Waals surface area contributed by atoms with E-state index in [0.29, 0.717) is 5.39 Å². The molecule has 94 valence electrons. The Bertz CT molecular complexity index is 694. The van der Waals surface area contributed by atoms with Crippen molar-refractivity contribution < 1.29 is 17.8 Å². The predicted octanol–water partition coefficient (Wildman–Crippen LogP) is 1.70. The van der Waals surface area contributed by atoms with E-state index in [9.17, 15) is 13.2 Å². The molecule has 5 nitrogen and oxygen atoms in total. The molecule has 0 saturated heterocycles. The molecule has 0 saturated carbocycles. The van der Waals surface area contributed by atoms with Gasteiger partial charge in [-0.25, -0.2) is 0 Å². The molecule has 0 atom stereocenters. The Balaban J connectivity index is 2.56. The average Bonchev–Trinajstić information content (AvgIpc) is 2.34. The summed E-state index contributed by atoms with van der Waals surface area (Å²) in [6, 6.07) is 9.56. The van der Waals surface area contributed by atoms with Crippen molar-refractivity contribution in [1.29, 1.82) is 0 Å². The number of fused-ring (bicyclic) bond motifs is 1. The topological polar surface area (TPSA) is 83.5 Å². The maximum atomic E-state index is 11.0. The second kappa shape index (κ2) is 4.75. The minimum atomic E-state index is -4.20. The van der Waals surface area contributed by atoms with Crippen LogP contribution in [0.5, 0.6) is 0 Å². The first-order valence-electron chi connectivity index (χ1n) is 5.20. The highest BCUT2D eigenvalue weighted by atomic mass is 32.2. The number of benzene rings is 2. The van der Waals surface area contributed by atoms with E-state index < -0.39 is 10.1 Å². The van der Waals surface area contributed by atoms with Crippen LogP contribution < -0.4 is 5.32 Å². The predicted molar refractivity (Wildman–Crippen MR) is 68.3 cm³/mol. The Labute approximate surface area is 104 Å². The van der Waals surface area contributed by atoms with Gasteiger partial charge in [-0.15, -0.1) is 0 Å². The molecule has 2 aromatic carbocycles. The molecule has 0 unspecified atom stereocenters. The van der Waals surface area contributed by atoms with Crippen molar-refractivity contribution >= 4 is 32.9 Å². The number of hydrogen-bond donors (Lipinski definition) is 2. The highest BCUT2D eigenvalue weighted by molar-refractivity contribution is 7.85. The summed E-state index contributed by atoms with van der Waals surface area (Å²) in [5, 5.41) is 4.37.